The highest BCUT2D eigenvalue weighted by Gasteiger charge is 2.19. The van der Waals surface area contributed by atoms with E-state index >= 15 is 0 Å². The van der Waals surface area contributed by atoms with E-state index in [0.29, 0.717) is 11.6 Å². The van der Waals surface area contributed by atoms with E-state index in [1.807, 2.05) is 37.6 Å². The fourth-order valence-corrected chi connectivity index (χ4v) is 2.21. The number of hydrogen-bond donors (Lipinski definition) is 1. The third kappa shape index (κ3) is 1.88. The van der Waals surface area contributed by atoms with Gasteiger partial charge in [-0.3, -0.25) is 9.08 Å². The molecule has 3 aromatic heterocycles. The number of nitrogens with two attached hydrogens (primary N) is 1. The summed E-state index contributed by atoms with van der Waals surface area (Å²) in [7, 11) is 1.86. The molecule has 7 nitrogen and oxygen atoms in total. The Morgan fingerprint density at radius 2 is 2.05 bits per heavy atom. The molecule has 0 aromatic carbocycles. The van der Waals surface area contributed by atoms with E-state index in [1.54, 1.807) is 10.9 Å². The van der Waals surface area contributed by atoms with Crippen LogP contribution in [0.3, 0.4) is 0 Å². The van der Waals surface area contributed by atoms with Crippen LogP contribution in [0.15, 0.2) is 18.5 Å². The van der Waals surface area contributed by atoms with Crippen molar-refractivity contribution in [3.8, 4) is 0 Å². The summed E-state index contributed by atoms with van der Waals surface area (Å²) in [4.78, 5) is 4.35. The molecule has 0 radical (unpaired) electrons. The van der Waals surface area contributed by atoms with Crippen LogP contribution in [-0.2, 0) is 7.05 Å². The zero-order chi connectivity index (χ0) is 13.6. The van der Waals surface area contributed by atoms with Crippen LogP contribution in [0.5, 0.6) is 0 Å². The molecule has 0 spiro atoms. The molecule has 0 aliphatic heterocycles. The Labute approximate surface area is 110 Å². The molecular formula is C12H15N7. The molecule has 98 valence electrons. The van der Waals surface area contributed by atoms with Gasteiger partial charge in [-0.15, -0.1) is 10.2 Å². The molecule has 19 heavy (non-hydrogen) atoms. The Kier molecular flexibility index (Phi) is 2.56. The lowest BCUT2D eigenvalue weighted by atomic mass is 10.1. The standard InChI is InChI=1S/C12H15N7/c1-7-4-8(2)19-11(16-17-12(19)15-7)10(13)9-5-14-18(3)6-9/h4-6,10H,13H2,1-3H3. The van der Waals surface area contributed by atoms with Crippen molar-refractivity contribution >= 4 is 5.78 Å². The van der Waals surface area contributed by atoms with Gasteiger partial charge in [-0.05, 0) is 19.9 Å². The predicted molar refractivity (Wildman–Crippen MR) is 69.5 cm³/mol. The van der Waals surface area contributed by atoms with Crippen LogP contribution in [0, 0.1) is 13.8 Å². The second-order valence-electron chi connectivity index (χ2n) is 4.66. The van der Waals surface area contributed by atoms with E-state index in [4.69, 9.17) is 5.73 Å². The molecule has 0 amide bonds. The first-order chi connectivity index (χ1) is 9.06. The van der Waals surface area contributed by atoms with Crippen LogP contribution >= 0.6 is 0 Å². The molecule has 7 heteroatoms. The minimum Gasteiger partial charge on any atom is -0.318 e. The first-order valence-electron chi connectivity index (χ1n) is 5.99. The molecule has 1 unspecified atom stereocenters. The van der Waals surface area contributed by atoms with Gasteiger partial charge in [0, 0.05) is 30.2 Å². The maximum atomic E-state index is 6.24. The second-order valence-corrected chi connectivity index (χ2v) is 4.66. The zero-order valence-electron chi connectivity index (χ0n) is 11.1. The fraction of sp³-hybridized carbons (Fsp3) is 0.333. The van der Waals surface area contributed by atoms with E-state index in [2.05, 4.69) is 20.3 Å². The van der Waals surface area contributed by atoms with Crippen LogP contribution in [0.25, 0.3) is 5.78 Å². The molecule has 0 saturated carbocycles. The molecule has 0 bridgehead atoms. The molecule has 0 aliphatic carbocycles. The van der Waals surface area contributed by atoms with Gasteiger partial charge >= 0.3 is 0 Å². The number of nitrogens with zero attached hydrogens (tertiary/aromatic N) is 6. The second kappa shape index (κ2) is 4.13. The average Bonchev–Trinajstić information content (AvgIpc) is 2.94. The molecule has 3 heterocycles. The summed E-state index contributed by atoms with van der Waals surface area (Å²) >= 11 is 0. The fourth-order valence-electron chi connectivity index (χ4n) is 2.21. The van der Waals surface area contributed by atoms with Gasteiger partial charge in [0.15, 0.2) is 5.82 Å². The monoisotopic (exact) mass is 257 g/mol. The van der Waals surface area contributed by atoms with Crippen molar-refractivity contribution in [1.29, 1.82) is 0 Å². The molecule has 2 N–H and O–H groups in total. The van der Waals surface area contributed by atoms with Crippen LogP contribution in [0.4, 0.5) is 0 Å². The molecule has 3 aromatic rings. The van der Waals surface area contributed by atoms with Gasteiger partial charge in [0.05, 0.1) is 12.2 Å². The number of fused-ring (bicyclic) bond motifs is 1. The lowest BCUT2D eigenvalue weighted by molar-refractivity contribution is 0.747. The summed E-state index contributed by atoms with van der Waals surface area (Å²) in [5.74, 6) is 1.25. The third-order valence-corrected chi connectivity index (χ3v) is 3.08. The number of aromatic nitrogens is 6. The summed E-state index contributed by atoms with van der Waals surface area (Å²) in [6.45, 7) is 3.92. The van der Waals surface area contributed by atoms with Crippen molar-refractivity contribution in [1.82, 2.24) is 29.4 Å². The van der Waals surface area contributed by atoms with Crippen LogP contribution < -0.4 is 5.73 Å². The normalized spacial score (nSPS) is 13.1. The Balaban J connectivity index is 2.15. The van der Waals surface area contributed by atoms with E-state index in [9.17, 15) is 0 Å². The lowest BCUT2D eigenvalue weighted by Crippen LogP contribution is -2.16. The van der Waals surface area contributed by atoms with E-state index in [0.717, 1.165) is 17.0 Å². The molecule has 1 atom stereocenters. The van der Waals surface area contributed by atoms with Crippen LogP contribution in [0.2, 0.25) is 0 Å². The van der Waals surface area contributed by atoms with Crippen molar-refractivity contribution in [2.75, 3.05) is 0 Å². The highest BCUT2D eigenvalue weighted by Crippen LogP contribution is 2.19. The van der Waals surface area contributed by atoms with E-state index in [-0.39, 0.29) is 6.04 Å². The highest BCUT2D eigenvalue weighted by atomic mass is 15.3. The average molecular weight is 257 g/mol. The minimum atomic E-state index is -0.369. The molecule has 0 saturated heterocycles. The van der Waals surface area contributed by atoms with Crippen LogP contribution in [-0.4, -0.2) is 29.4 Å². The molecule has 0 fully saturated rings. The number of hydrogen-bond acceptors (Lipinski definition) is 5. The topological polar surface area (TPSA) is 86.9 Å². The van der Waals surface area contributed by atoms with Crippen molar-refractivity contribution < 1.29 is 0 Å². The maximum Gasteiger partial charge on any atom is 0.255 e. The predicted octanol–water partition coefficient (Wildman–Crippen LogP) is 0.523. The highest BCUT2D eigenvalue weighted by molar-refractivity contribution is 5.35. The Hall–Kier alpha value is -2.28. The van der Waals surface area contributed by atoms with Crippen molar-refractivity contribution in [3.63, 3.8) is 0 Å². The molecule has 3 rings (SSSR count). The quantitative estimate of drug-likeness (QED) is 0.723. The summed E-state index contributed by atoms with van der Waals surface area (Å²) in [5.41, 5.74) is 9.07. The summed E-state index contributed by atoms with van der Waals surface area (Å²) in [6, 6.07) is 1.61. The van der Waals surface area contributed by atoms with Gasteiger partial charge in [-0.25, -0.2) is 4.98 Å². The lowest BCUT2D eigenvalue weighted by Gasteiger charge is -2.09. The Bertz CT molecular complexity index is 740. The summed E-state index contributed by atoms with van der Waals surface area (Å²) in [6.07, 6.45) is 3.62. The first kappa shape index (κ1) is 11.8. The zero-order valence-corrected chi connectivity index (χ0v) is 11.1. The van der Waals surface area contributed by atoms with Crippen molar-refractivity contribution in [2.45, 2.75) is 19.9 Å². The number of aryl methyl sites for hydroxylation is 3. The van der Waals surface area contributed by atoms with E-state index in [1.165, 1.54) is 0 Å². The Morgan fingerprint density at radius 3 is 2.74 bits per heavy atom. The van der Waals surface area contributed by atoms with Gasteiger partial charge in [0.1, 0.15) is 0 Å². The first-order valence-corrected chi connectivity index (χ1v) is 5.99. The van der Waals surface area contributed by atoms with Crippen LogP contribution in [0.1, 0.15) is 28.8 Å². The Morgan fingerprint density at radius 1 is 1.26 bits per heavy atom. The number of rotatable bonds is 2. The summed E-state index contributed by atoms with van der Waals surface area (Å²) in [5, 5.41) is 12.4. The third-order valence-electron chi connectivity index (χ3n) is 3.08. The van der Waals surface area contributed by atoms with Crippen molar-refractivity contribution in [2.24, 2.45) is 12.8 Å². The largest absolute Gasteiger partial charge is 0.318 e. The summed E-state index contributed by atoms with van der Waals surface area (Å²) < 4.78 is 3.60. The minimum absolute atomic E-state index is 0.369. The maximum absolute atomic E-state index is 6.24. The van der Waals surface area contributed by atoms with Gasteiger partial charge in [0.2, 0.25) is 0 Å². The van der Waals surface area contributed by atoms with Gasteiger partial charge < -0.3 is 5.73 Å². The van der Waals surface area contributed by atoms with Gasteiger partial charge in [-0.1, -0.05) is 0 Å². The van der Waals surface area contributed by atoms with Crippen molar-refractivity contribution in [3.05, 3.63) is 41.2 Å². The SMILES string of the molecule is Cc1cc(C)n2c(C(N)c3cnn(C)c3)nnc2n1. The smallest absolute Gasteiger partial charge is 0.255 e. The van der Waals surface area contributed by atoms with Gasteiger partial charge in [-0.2, -0.15) is 5.10 Å². The van der Waals surface area contributed by atoms with E-state index < -0.39 is 0 Å². The molecule has 0 aliphatic rings. The molecular weight excluding hydrogens is 242 g/mol. The van der Waals surface area contributed by atoms with Gasteiger partial charge in [0.25, 0.3) is 5.78 Å².